The van der Waals surface area contributed by atoms with Crippen LogP contribution in [0.3, 0.4) is 0 Å². The number of hydrogen-bond donors (Lipinski definition) is 1. The van der Waals surface area contributed by atoms with Crippen LogP contribution in [-0.2, 0) is 11.2 Å². The average Bonchev–Trinajstić information content (AvgIpc) is 2.95. The molecule has 0 unspecified atom stereocenters. The summed E-state index contributed by atoms with van der Waals surface area (Å²) in [5.41, 5.74) is 3.03. The van der Waals surface area contributed by atoms with E-state index in [1.165, 1.54) is 10.3 Å². The van der Waals surface area contributed by atoms with E-state index in [0.717, 1.165) is 18.7 Å². The molecule has 1 N–H and O–H groups in total. The third kappa shape index (κ3) is 5.68. The zero-order valence-electron chi connectivity index (χ0n) is 22.2. The Balaban J connectivity index is 1.32. The van der Waals surface area contributed by atoms with Gasteiger partial charge in [-0.2, -0.15) is 0 Å². The van der Waals surface area contributed by atoms with Crippen molar-refractivity contribution in [2.45, 2.75) is 20.3 Å². The van der Waals surface area contributed by atoms with E-state index in [2.05, 4.69) is 22.0 Å². The fraction of sp³-hybridized carbons (Fsp3) is 0.300. The predicted molar refractivity (Wildman–Crippen MR) is 156 cm³/mol. The highest BCUT2D eigenvalue weighted by Gasteiger charge is 2.21. The molecule has 1 fully saturated rings. The molecule has 8 nitrogen and oxygen atoms in total. The minimum Gasteiger partial charge on any atom is -0.490 e. The number of ether oxygens (including phenoxy) is 2. The maximum atomic E-state index is 13.5. The monoisotopic (exact) mass is 544 g/mol. The molecule has 1 amide bonds. The Bertz CT molecular complexity index is 1570. The lowest BCUT2D eigenvalue weighted by molar-refractivity contribution is -0.130. The normalized spacial score (nSPS) is 13.5. The Kier molecular flexibility index (Phi) is 7.97. The number of piperazine rings is 1. The van der Waals surface area contributed by atoms with Crippen molar-refractivity contribution >= 4 is 34.7 Å². The molecule has 1 aliphatic rings. The Labute approximate surface area is 232 Å². The molecule has 202 valence electrons. The first kappa shape index (κ1) is 26.5. The van der Waals surface area contributed by atoms with Crippen molar-refractivity contribution in [2.75, 3.05) is 44.3 Å². The van der Waals surface area contributed by atoms with E-state index >= 15 is 0 Å². The van der Waals surface area contributed by atoms with Gasteiger partial charge >= 0.3 is 0 Å². The number of anilines is 1. The lowest BCUT2D eigenvalue weighted by Gasteiger charge is -2.36. The number of rotatable bonds is 8. The zero-order chi connectivity index (χ0) is 27.4. The minimum atomic E-state index is -0.252. The molecular formula is C30H32N4O4S. The SMILES string of the molecule is CCOc1cc2[nH]c(=S)n(-c3ccc(CC(=O)N4CCN(c5ccccc5)CC4)cc3)c(=O)c2cc1OCC. The van der Waals surface area contributed by atoms with Gasteiger partial charge in [-0.25, -0.2) is 0 Å². The highest BCUT2D eigenvalue weighted by atomic mass is 32.1. The summed E-state index contributed by atoms with van der Waals surface area (Å²) in [4.78, 5) is 33.8. The number of para-hydroxylation sites is 1. The van der Waals surface area contributed by atoms with Gasteiger partial charge in [0.25, 0.3) is 5.56 Å². The van der Waals surface area contributed by atoms with E-state index in [9.17, 15) is 9.59 Å². The maximum absolute atomic E-state index is 13.5. The number of nitrogens with one attached hydrogen (secondary N) is 1. The molecule has 0 saturated carbocycles. The van der Waals surface area contributed by atoms with Gasteiger partial charge in [0.1, 0.15) is 0 Å². The summed E-state index contributed by atoms with van der Waals surface area (Å²) in [7, 11) is 0. The lowest BCUT2D eigenvalue weighted by Crippen LogP contribution is -2.49. The lowest BCUT2D eigenvalue weighted by atomic mass is 10.1. The third-order valence-corrected chi connectivity index (χ3v) is 7.15. The third-order valence-electron chi connectivity index (χ3n) is 6.87. The van der Waals surface area contributed by atoms with Crippen molar-refractivity contribution < 1.29 is 14.3 Å². The fourth-order valence-corrected chi connectivity index (χ4v) is 5.20. The van der Waals surface area contributed by atoms with Gasteiger partial charge in [-0.05, 0) is 62.0 Å². The van der Waals surface area contributed by atoms with Gasteiger partial charge in [-0.15, -0.1) is 0 Å². The Hall–Kier alpha value is -4.11. The number of nitrogens with zero attached hydrogens (tertiary/aromatic N) is 3. The highest BCUT2D eigenvalue weighted by Crippen LogP contribution is 2.31. The summed E-state index contributed by atoms with van der Waals surface area (Å²) >= 11 is 5.54. The first-order valence-corrected chi connectivity index (χ1v) is 13.6. The van der Waals surface area contributed by atoms with Crippen molar-refractivity contribution in [3.05, 3.63) is 87.4 Å². The predicted octanol–water partition coefficient (Wildman–Crippen LogP) is 4.74. The summed E-state index contributed by atoms with van der Waals surface area (Å²) < 4.78 is 13.1. The number of fused-ring (bicyclic) bond motifs is 1. The van der Waals surface area contributed by atoms with Crippen LogP contribution in [0.25, 0.3) is 16.6 Å². The molecule has 1 aromatic heterocycles. The van der Waals surface area contributed by atoms with E-state index in [0.29, 0.717) is 60.8 Å². The van der Waals surface area contributed by atoms with Crippen LogP contribution in [0.1, 0.15) is 19.4 Å². The van der Waals surface area contributed by atoms with Crippen LogP contribution in [0.2, 0.25) is 0 Å². The van der Waals surface area contributed by atoms with Crippen molar-refractivity contribution in [2.24, 2.45) is 0 Å². The molecule has 0 radical (unpaired) electrons. The van der Waals surface area contributed by atoms with E-state index < -0.39 is 0 Å². The van der Waals surface area contributed by atoms with Gasteiger partial charge in [-0.3, -0.25) is 14.2 Å². The van der Waals surface area contributed by atoms with Gasteiger partial charge in [0, 0.05) is 37.9 Å². The van der Waals surface area contributed by atoms with Gasteiger partial charge in [0.05, 0.1) is 36.2 Å². The topological polar surface area (TPSA) is 79.8 Å². The molecule has 3 aromatic carbocycles. The molecule has 4 aromatic rings. The van der Waals surface area contributed by atoms with Gasteiger partial charge < -0.3 is 24.3 Å². The van der Waals surface area contributed by atoms with Crippen molar-refractivity contribution in [3.63, 3.8) is 0 Å². The summed E-state index contributed by atoms with van der Waals surface area (Å²) in [6.07, 6.45) is 0.309. The van der Waals surface area contributed by atoms with E-state index in [1.54, 1.807) is 12.1 Å². The second-order valence-electron chi connectivity index (χ2n) is 9.33. The van der Waals surface area contributed by atoms with Gasteiger partial charge in [-0.1, -0.05) is 30.3 Å². The first-order valence-electron chi connectivity index (χ1n) is 13.2. The van der Waals surface area contributed by atoms with Crippen molar-refractivity contribution in [1.82, 2.24) is 14.5 Å². The number of H-pyrrole nitrogens is 1. The summed E-state index contributed by atoms with van der Waals surface area (Å²) in [6, 6.07) is 21.1. The Morgan fingerprint density at radius 1 is 0.872 bits per heavy atom. The van der Waals surface area contributed by atoms with Gasteiger partial charge in [0.2, 0.25) is 5.91 Å². The van der Waals surface area contributed by atoms with Crippen LogP contribution >= 0.6 is 12.2 Å². The first-order chi connectivity index (χ1) is 19.0. The van der Waals surface area contributed by atoms with Crippen LogP contribution < -0.4 is 19.9 Å². The van der Waals surface area contributed by atoms with Crippen molar-refractivity contribution in [3.8, 4) is 17.2 Å². The molecule has 39 heavy (non-hydrogen) atoms. The number of carbonyl (C=O) groups excluding carboxylic acids is 1. The molecule has 9 heteroatoms. The summed E-state index contributed by atoms with van der Waals surface area (Å²) in [5.74, 6) is 1.17. The molecule has 5 rings (SSSR count). The molecule has 1 saturated heterocycles. The van der Waals surface area contributed by atoms with Gasteiger partial charge in [0.15, 0.2) is 16.3 Å². The van der Waals surface area contributed by atoms with Crippen LogP contribution in [0, 0.1) is 4.77 Å². The second-order valence-corrected chi connectivity index (χ2v) is 9.71. The number of carbonyl (C=O) groups is 1. The molecular weight excluding hydrogens is 512 g/mol. The molecule has 0 bridgehead atoms. The minimum absolute atomic E-state index is 0.101. The zero-order valence-corrected chi connectivity index (χ0v) is 23.0. The number of benzene rings is 3. The molecule has 0 aliphatic carbocycles. The largest absolute Gasteiger partial charge is 0.490 e. The van der Waals surface area contributed by atoms with E-state index in [4.69, 9.17) is 21.7 Å². The van der Waals surface area contributed by atoms with Crippen LogP contribution in [0.5, 0.6) is 11.5 Å². The van der Waals surface area contributed by atoms with Crippen molar-refractivity contribution in [1.29, 1.82) is 0 Å². The standard InChI is InChI=1S/C30H32N4O4S/c1-3-37-26-19-24-25(20-27(26)38-4-2)31-30(39)34(29(24)36)23-12-10-21(11-13-23)18-28(35)33-16-14-32(15-17-33)22-8-6-5-7-9-22/h5-13,19-20H,3-4,14-18H2,1-2H3,(H,31,39). The molecule has 2 heterocycles. The fourth-order valence-electron chi connectivity index (χ4n) is 4.90. The van der Waals surface area contributed by atoms with Crippen LogP contribution in [-0.4, -0.2) is 59.8 Å². The van der Waals surface area contributed by atoms with E-state index in [1.807, 2.05) is 61.2 Å². The molecule has 1 aliphatic heterocycles. The molecule has 0 spiro atoms. The number of aromatic amines is 1. The number of amides is 1. The average molecular weight is 545 g/mol. The smallest absolute Gasteiger partial charge is 0.266 e. The Morgan fingerprint density at radius 2 is 1.51 bits per heavy atom. The number of hydrogen-bond acceptors (Lipinski definition) is 6. The quantitative estimate of drug-likeness (QED) is 0.323. The summed E-state index contributed by atoms with van der Waals surface area (Å²) in [6.45, 7) is 7.72. The molecule has 0 atom stereocenters. The summed E-state index contributed by atoms with van der Waals surface area (Å²) in [5, 5.41) is 0.449. The Morgan fingerprint density at radius 3 is 2.15 bits per heavy atom. The number of aromatic nitrogens is 2. The van der Waals surface area contributed by atoms with Crippen LogP contribution in [0.4, 0.5) is 5.69 Å². The van der Waals surface area contributed by atoms with E-state index in [-0.39, 0.29) is 16.2 Å². The van der Waals surface area contributed by atoms with Crippen LogP contribution in [0.15, 0.2) is 71.5 Å². The highest BCUT2D eigenvalue weighted by molar-refractivity contribution is 7.71. The second kappa shape index (κ2) is 11.7. The maximum Gasteiger partial charge on any atom is 0.266 e.